The van der Waals surface area contributed by atoms with Crippen molar-refractivity contribution >= 4 is 5.91 Å². The summed E-state index contributed by atoms with van der Waals surface area (Å²) in [6, 6.07) is 0. The average molecular weight is 299 g/mol. The van der Waals surface area contributed by atoms with E-state index in [0.29, 0.717) is 18.7 Å². The standard InChI is InChI=1S/C15H25NO5/c1-4-5-6-7-13(17)16-10-8-11(20-14(10)18)12-9-19-15(2,3)21-12/h8,11-12,14,18H,4-7,9H2,1-3H3,(H,16,17)/t11-,12+,14?/m0/s1. The first-order valence-electron chi connectivity index (χ1n) is 7.58. The second-order valence-corrected chi connectivity index (χ2v) is 5.95. The van der Waals surface area contributed by atoms with Crippen LogP contribution in [0, 0.1) is 0 Å². The Labute approximate surface area is 125 Å². The second-order valence-electron chi connectivity index (χ2n) is 5.95. The van der Waals surface area contributed by atoms with Crippen LogP contribution in [0.3, 0.4) is 0 Å². The Kier molecular flexibility index (Phi) is 5.37. The number of unbranched alkanes of at least 4 members (excludes halogenated alkanes) is 2. The Bertz CT molecular complexity index is 407. The van der Waals surface area contributed by atoms with Crippen molar-refractivity contribution in [2.75, 3.05) is 6.61 Å². The lowest BCUT2D eigenvalue weighted by molar-refractivity contribution is -0.165. The molecule has 21 heavy (non-hydrogen) atoms. The fourth-order valence-electron chi connectivity index (χ4n) is 2.46. The molecule has 0 aliphatic carbocycles. The van der Waals surface area contributed by atoms with Crippen molar-refractivity contribution in [2.45, 2.75) is 70.7 Å². The molecule has 2 rings (SSSR count). The highest BCUT2D eigenvalue weighted by atomic mass is 16.8. The van der Waals surface area contributed by atoms with Gasteiger partial charge in [0, 0.05) is 6.42 Å². The average Bonchev–Trinajstić information content (AvgIpc) is 2.93. The van der Waals surface area contributed by atoms with Crippen LogP contribution in [-0.2, 0) is 19.0 Å². The molecule has 0 aromatic heterocycles. The summed E-state index contributed by atoms with van der Waals surface area (Å²) < 4.78 is 16.6. The molecule has 3 atom stereocenters. The number of aliphatic hydroxyl groups excluding tert-OH is 1. The number of amides is 1. The van der Waals surface area contributed by atoms with E-state index >= 15 is 0 Å². The van der Waals surface area contributed by atoms with E-state index in [1.54, 1.807) is 6.08 Å². The zero-order valence-corrected chi connectivity index (χ0v) is 12.9. The third kappa shape index (κ3) is 4.51. The smallest absolute Gasteiger partial charge is 0.224 e. The molecule has 2 aliphatic rings. The van der Waals surface area contributed by atoms with Gasteiger partial charge in [-0.2, -0.15) is 0 Å². The van der Waals surface area contributed by atoms with E-state index in [1.807, 2.05) is 13.8 Å². The van der Waals surface area contributed by atoms with Gasteiger partial charge in [-0.15, -0.1) is 0 Å². The fourth-order valence-corrected chi connectivity index (χ4v) is 2.46. The van der Waals surface area contributed by atoms with Crippen LogP contribution in [0.15, 0.2) is 11.8 Å². The number of rotatable bonds is 6. The summed E-state index contributed by atoms with van der Waals surface area (Å²) in [6.07, 6.45) is 3.31. The summed E-state index contributed by atoms with van der Waals surface area (Å²) in [5.41, 5.74) is 0.398. The molecule has 0 spiro atoms. The van der Waals surface area contributed by atoms with Gasteiger partial charge in [-0.05, 0) is 26.3 Å². The predicted octanol–water partition coefficient (Wildman–Crippen LogP) is 1.44. The maximum absolute atomic E-state index is 11.8. The predicted molar refractivity (Wildman–Crippen MR) is 76.2 cm³/mol. The van der Waals surface area contributed by atoms with E-state index in [2.05, 4.69) is 12.2 Å². The van der Waals surface area contributed by atoms with Crippen molar-refractivity contribution in [1.29, 1.82) is 0 Å². The lowest BCUT2D eigenvalue weighted by Gasteiger charge is -2.20. The highest BCUT2D eigenvalue weighted by Crippen LogP contribution is 2.29. The van der Waals surface area contributed by atoms with E-state index < -0.39 is 18.2 Å². The third-order valence-corrected chi connectivity index (χ3v) is 3.58. The van der Waals surface area contributed by atoms with E-state index in [1.165, 1.54) is 0 Å². The van der Waals surface area contributed by atoms with Gasteiger partial charge in [0.1, 0.15) is 12.2 Å². The van der Waals surface area contributed by atoms with E-state index in [0.717, 1.165) is 19.3 Å². The highest BCUT2D eigenvalue weighted by Gasteiger charge is 2.41. The van der Waals surface area contributed by atoms with Crippen LogP contribution in [0.1, 0.15) is 46.5 Å². The van der Waals surface area contributed by atoms with E-state index in [9.17, 15) is 9.90 Å². The van der Waals surface area contributed by atoms with Gasteiger partial charge in [-0.3, -0.25) is 4.79 Å². The lowest BCUT2D eigenvalue weighted by atomic mass is 10.2. The molecule has 6 nitrogen and oxygen atoms in total. The number of carbonyl (C=O) groups excluding carboxylic acids is 1. The summed E-state index contributed by atoms with van der Waals surface area (Å²) in [7, 11) is 0. The van der Waals surface area contributed by atoms with Gasteiger partial charge in [0.15, 0.2) is 12.1 Å². The summed E-state index contributed by atoms with van der Waals surface area (Å²) in [5.74, 6) is -0.735. The topological polar surface area (TPSA) is 77.0 Å². The molecule has 6 heteroatoms. The van der Waals surface area contributed by atoms with E-state index in [-0.39, 0.29) is 12.0 Å². The van der Waals surface area contributed by atoms with Gasteiger partial charge in [0.05, 0.1) is 12.3 Å². The van der Waals surface area contributed by atoms with Crippen molar-refractivity contribution in [3.8, 4) is 0 Å². The SMILES string of the molecule is CCCCCC(=O)NC1=C[C@@H]([C@H]2COC(C)(C)O2)OC1O. The van der Waals surface area contributed by atoms with Gasteiger partial charge in [-0.1, -0.05) is 19.8 Å². The Hall–Kier alpha value is -0.950. The van der Waals surface area contributed by atoms with Gasteiger partial charge in [0.25, 0.3) is 0 Å². The van der Waals surface area contributed by atoms with Crippen LogP contribution in [0.5, 0.6) is 0 Å². The van der Waals surface area contributed by atoms with Gasteiger partial charge < -0.3 is 24.6 Å². The van der Waals surface area contributed by atoms with Crippen LogP contribution in [0.2, 0.25) is 0 Å². The number of hydrogen-bond acceptors (Lipinski definition) is 5. The number of hydrogen-bond donors (Lipinski definition) is 2. The summed E-state index contributed by atoms with van der Waals surface area (Å²) in [5, 5.41) is 12.6. The first kappa shape index (κ1) is 16.4. The molecule has 2 heterocycles. The summed E-state index contributed by atoms with van der Waals surface area (Å²) >= 11 is 0. The molecule has 0 bridgehead atoms. The Balaban J connectivity index is 1.85. The Morgan fingerprint density at radius 2 is 2.24 bits per heavy atom. The van der Waals surface area contributed by atoms with Gasteiger partial charge in [-0.25, -0.2) is 0 Å². The molecule has 0 radical (unpaired) electrons. The highest BCUT2D eigenvalue weighted by molar-refractivity contribution is 5.77. The van der Waals surface area contributed by atoms with Crippen LogP contribution in [-0.4, -0.2) is 41.9 Å². The minimum Gasteiger partial charge on any atom is -0.363 e. The molecular formula is C15H25NO5. The lowest BCUT2D eigenvalue weighted by Crippen LogP contribution is -2.31. The van der Waals surface area contributed by atoms with Crippen molar-refractivity contribution in [3.63, 3.8) is 0 Å². The maximum Gasteiger partial charge on any atom is 0.224 e. The van der Waals surface area contributed by atoms with Gasteiger partial charge in [0.2, 0.25) is 5.91 Å². The number of aliphatic hydroxyl groups is 1. The van der Waals surface area contributed by atoms with Crippen molar-refractivity contribution in [2.24, 2.45) is 0 Å². The number of carbonyl (C=O) groups is 1. The maximum atomic E-state index is 11.8. The monoisotopic (exact) mass is 299 g/mol. The first-order chi connectivity index (χ1) is 9.91. The number of nitrogens with one attached hydrogen (secondary N) is 1. The number of ether oxygens (including phenoxy) is 3. The molecule has 1 saturated heterocycles. The van der Waals surface area contributed by atoms with Crippen LogP contribution < -0.4 is 5.32 Å². The molecule has 1 unspecified atom stereocenters. The molecule has 0 saturated carbocycles. The fraction of sp³-hybridized carbons (Fsp3) is 0.800. The third-order valence-electron chi connectivity index (χ3n) is 3.58. The molecule has 2 aliphatic heterocycles. The molecule has 1 amide bonds. The molecule has 0 aromatic rings. The van der Waals surface area contributed by atoms with Crippen molar-refractivity contribution < 1.29 is 24.1 Å². The zero-order chi connectivity index (χ0) is 15.5. The largest absolute Gasteiger partial charge is 0.363 e. The molecular weight excluding hydrogens is 274 g/mol. The molecule has 1 fully saturated rings. The van der Waals surface area contributed by atoms with Crippen LogP contribution >= 0.6 is 0 Å². The minimum absolute atomic E-state index is 0.0954. The molecule has 120 valence electrons. The molecule has 0 aromatic carbocycles. The Morgan fingerprint density at radius 1 is 1.48 bits per heavy atom. The first-order valence-corrected chi connectivity index (χ1v) is 7.58. The minimum atomic E-state index is -1.11. The molecule has 2 N–H and O–H groups in total. The summed E-state index contributed by atoms with van der Waals surface area (Å²) in [6.45, 7) is 6.15. The quantitative estimate of drug-likeness (QED) is 0.726. The van der Waals surface area contributed by atoms with Crippen LogP contribution in [0.4, 0.5) is 0 Å². The van der Waals surface area contributed by atoms with E-state index in [4.69, 9.17) is 14.2 Å². The van der Waals surface area contributed by atoms with Crippen molar-refractivity contribution in [1.82, 2.24) is 5.32 Å². The second kappa shape index (κ2) is 6.87. The van der Waals surface area contributed by atoms with Crippen molar-refractivity contribution in [3.05, 3.63) is 11.8 Å². The summed E-state index contributed by atoms with van der Waals surface area (Å²) in [4.78, 5) is 11.8. The normalized spacial score (nSPS) is 31.2. The Morgan fingerprint density at radius 3 is 2.86 bits per heavy atom. The van der Waals surface area contributed by atoms with Gasteiger partial charge >= 0.3 is 0 Å². The zero-order valence-electron chi connectivity index (χ0n) is 12.9. The van der Waals surface area contributed by atoms with Crippen LogP contribution in [0.25, 0.3) is 0 Å².